The zero-order valence-electron chi connectivity index (χ0n) is 11.8. The Morgan fingerprint density at radius 3 is 2.86 bits per heavy atom. The van der Waals surface area contributed by atoms with E-state index in [1.165, 1.54) is 0 Å². The van der Waals surface area contributed by atoms with E-state index in [9.17, 15) is 13.2 Å². The van der Waals surface area contributed by atoms with Gasteiger partial charge in [0, 0.05) is 24.4 Å². The van der Waals surface area contributed by atoms with Gasteiger partial charge in [-0.25, -0.2) is 8.42 Å². The van der Waals surface area contributed by atoms with Crippen molar-refractivity contribution in [1.82, 2.24) is 0 Å². The number of carbonyl (C=O) groups excluding carboxylic acids is 1. The number of para-hydroxylation sites is 1. The second-order valence-corrected chi connectivity index (χ2v) is 8.84. The number of ketones is 1. The van der Waals surface area contributed by atoms with E-state index >= 15 is 0 Å². The first-order valence-electron chi connectivity index (χ1n) is 6.90. The van der Waals surface area contributed by atoms with Crippen molar-refractivity contribution in [2.45, 2.75) is 17.7 Å². The van der Waals surface area contributed by atoms with Crippen molar-refractivity contribution in [1.29, 1.82) is 0 Å². The maximum Gasteiger partial charge on any atom is 0.158 e. The number of benzene rings is 1. The Morgan fingerprint density at radius 2 is 2.19 bits per heavy atom. The Balaban J connectivity index is 1.68. The molecule has 0 aromatic heterocycles. The second-order valence-electron chi connectivity index (χ2n) is 5.55. The van der Waals surface area contributed by atoms with E-state index in [0.717, 1.165) is 15.6 Å². The molecule has 1 aromatic carbocycles. The van der Waals surface area contributed by atoms with Crippen LogP contribution in [0, 0.1) is 5.92 Å². The molecular formula is C15H17NO3S2. The molecule has 2 heterocycles. The number of rotatable bonds is 3. The van der Waals surface area contributed by atoms with Crippen molar-refractivity contribution < 1.29 is 13.2 Å². The normalized spacial score (nSPS) is 25.3. The van der Waals surface area contributed by atoms with E-state index < -0.39 is 9.84 Å². The zero-order chi connectivity index (χ0) is 15.0. The van der Waals surface area contributed by atoms with Crippen LogP contribution in [-0.2, 0) is 14.6 Å². The standard InChI is InChI=1S/C15H17NO3S2/c1-16-13-4-2-3-5-14(13)20-15(16)9-12(17)8-11-6-7-21(18,19)10-11/h2-5,9,11H,6-8,10H2,1H3/t11-/m0/s1. The van der Waals surface area contributed by atoms with Crippen LogP contribution in [-0.4, -0.2) is 32.8 Å². The molecule has 2 aliphatic heterocycles. The number of thioether (sulfide) groups is 1. The van der Waals surface area contributed by atoms with Gasteiger partial charge in [-0.2, -0.15) is 0 Å². The van der Waals surface area contributed by atoms with Gasteiger partial charge in [-0.1, -0.05) is 23.9 Å². The number of sulfone groups is 1. The summed E-state index contributed by atoms with van der Waals surface area (Å²) in [6.07, 6.45) is 2.59. The summed E-state index contributed by atoms with van der Waals surface area (Å²) in [4.78, 5) is 15.3. The third kappa shape index (κ3) is 3.16. The van der Waals surface area contributed by atoms with E-state index in [0.29, 0.717) is 12.8 Å². The molecule has 1 aromatic rings. The molecule has 0 spiro atoms. The smallest absolute Gasteiger partial charge is 0.158 e. The molecule has 6 heteroatoms. The molecule has 1 fully saturated rings. The SMILES string of the molecule is CN1C(=CC(=O)C[C@@H]2CCS(=O)(=O)C2)Sc2ccccc21. The second kappa shape index (κ2) is 5.50. The average Bonchev–Trinajstić information content (AvgIpc) is 2.91. The molecule has 4 nitrogen and oxygen atoms in total. The predicted molar refractivity (Wildman–Crippen MR) is 85.2 cm³/mol. The van der Waals surface area contributed by atoms with Crippen molar-refractivity contribution in [3.8, 4) is 0 Å². The van der Waals surface area contributed by atoms with Crippen LogP contribution in [0.1, 0.15) is 12.8 Å². The number of anilines is 1. The Labute approximate surface area is 129 Å². The summed E-state index contributed by atoms with van der Waals surface area (Å²) in [5.74, 6) is 0.380. The molecule has 112 valence electrons. The van der Waals surface area contributed by atoms with E-state index in [2.05, 4.69) is 0 Å². The largest absolute Gasteiger partial charge is 0.338 e. The monoisotopic (exact) mass is 323 g/mol. The van der Waals surface area contributed by atoms with Gasteiger partial charge in [0.25, 0.3) is 0 Å². The van der Waals surface area contributed by atoms with Gasteiger partial charge in [0.1, 0.15) is 0 Å². The lowest BCUT2D eigenvalue weighted by molar-refractivity contribution is -0.115. The first-order chi connectivity index (χ1) is 9.94. The summed E-state index contributed by atoms with van der Waals surface area (Å²) in [5, 5.41) is 0.905. The van der Waals surface area contributed by atoms with Gasteiger partial charge in [0.2, 0.25) is 0 Å². The molecule has 2 aliphatic rings. The summed E-state index contributed by atoms with van der Waals surface area (Å²) >= 11 is 1.58. The maximum absolute atomic E-state index is 12.2. The van der Waals surface area contributed by atoms with Gasteiger partial charge in [-0.15, -0.1) is 0 Å². The quantitative estimate of drug-likeness (QED) is 0.800. The average molecular weight is 323 g/mol. The Bertz CT molecular complexity index is 709. The van der Waals surface area contributed by atoms with Crippen molar-refractivity contribution in [2.75, 3.05) is 23.5 Å². The highest BCUT2D eigenvalue weighted by atomic mass is 32.2. The molecule has 0 aliphatic carbocycles. The fourth-order valence-corrected chi connectivity index (χ4v) is 5.73. The van der Waals surface area contributed by atoms with Crippen LogP contribution in [0.5, 0.6) is 0 Å². The first kappa shape index (κ1) is 14.7. The Morgan fingerprint density at radius 1 is 1.43 bits per heavy atom. The van der Waals surface area contributed by atoms with Crippen LogP contribution >= 0.6 is 11.8 Å². The van der Waals surface area contributed by atoms with Gasteiger partial charge >= 0.3 is 0 Å². The molecular weight excluding hydrogens is 306 g/mol. The molecule has 1 saturated heterocycles. The highest BCUT2D eigenvalue weighted by molar-refractivity contribution is 8.03. The summed E-state index contributed by atoms with van der Waals surface area (Å²) in [5.41, 5.74) is 1.10. The molecule has 0 radical (unpaired) electrons. The van der Waals surface area contributed by atoms with Gasteiger partial charge in [0.05, 0.1) is 22.2 Å². The van der Waals surface area contributed by atoms with Gasteiger partial charge in [-0.3, -0.25) is 4.79 Å². The molecule has 0 bridgehead atoms. The van der Waals surface area contributed by atoms with E-state index in [-0.39, 0.29) is 23.2 Å². The van der Waals surface area contributed by atoms with E-state index in [4.69, 9.17) is 0 Å². The van der Waals surface area contributed by atoms with E-state index in [1.807, 2.05) is 36.2 Å². The van der Waals surface area contributed by atoms with Gasteiger partial charge in [0.15, 0.2) is 15.6 Å². The summed E-state index contributed by atoms with van der Waals surface area (Å²) < 4.78 is 22.9. The molecule has 1 atom stereocenters. The minimum Gasteiger partial charge on any atom is -0.338 e. The third-order valence-corrected chi connectivity index (χ3v) is 6.88. The maximum atomic E-state index is 12.2. The van der Waals surface area contributed by atoms with Gasteiger partial charge in [-0.05, 0) is 24.5 Å². The summed E-state index contributed by atoms with van der Waals surface area (Å²) in [7, 11) is -0.969. The predicted octanol–water partition coefficient (Wildman–Crippen LogP) is 2.46. The fraction of sp³-hybridized carbons (Fsp3) is 0.400. The lowest BCUT2D eigenvalue weighted by atomic mass is 10.0. The minimum atomic E-state index is -2.91. The fourth-order valence-electron chi connectivity index (χ4n) is 2.76. The Kier molecular flexibility index (Phi) is 3.84. The lowest BCUT2D eigenvalue weighted by Crippen LogP contribution is -2.13. The molecule has 0 amide bonds. The number of hydrogen-bond acceptors (Lipinski definition) is 5. The van der Waals surface area contributed by atoms with Crippen molar-refractivity contribution >= 4 is 33.1 Å². The van der Waals surface area contributed by atoms with Crippen LogP contribution in [0.2, 0.25) is 0 Å². The molecule has 0 N–H and O–H groups in total. The van der Waals surface area contributed by atoms with Gasteiger partial charge < -0.3 is 4.90 Å². The van der Waals surface area contributed by atoms with Crippen molar-refractivity contribution in [3.05, 3.63) is 35.4 Å². The topological polar surface area (TPSA) is 54.5 Å². The zero-order valence-corrected chi connectivity index (χ0v) is 13.4. The lowest BCUT2D eigenvalue weighted by Gasteiger charge is -2.13. The number of nitrogens with zero attached hydrogens (tertiary/aromatic N) is 1. The van der Waals surface area contributed by atoms with E-state index in [1.54, 1.807) is 17.8 Å². The molecule has 3 rings (SSSR count). The van der Waals surface area contributed by atoms with Crippen LogP contribution < -0.4 is 4.90 Å². The summed E-state index contributed by atoms with van der Waals surface area (Å²) in [6, 6.07) is 8.01. The number of carbonyl (C=O) groups is 1. The summed E-state index contributed by atoms with van der Waals surface area (Å²) in [6.45, 7) is 0. The highest BCUT2D eigenvalue weighted by Crippen LogP contribution is 2.44. The van der Waals surface area contributed by atoms with Crippen LogP contribution in [0.4, 0.5) is 5.69 Å². The van der Waals surface area contributed by atoms with Crippen LogP contribution in [0.15, 0.2) is 40.3 Å². The number of hydrogen-bond donors (Lipinski definition) is 0. The van der Waals surface area contributed by atoms with Crippen molar-refractivity contribution in [2.24, 2.45) is 5.92 Å². The van der Waals surface area contributed by atoms with Crippen LogP contribution in [0.3, 0.4) is 0 Å². The molecule has 21 heavy (non-hydrogen) atoms. The minimum absolute atomic E-state index is 0.0132. The molecule has 0 saturated carbocycles. The number of fused-ring (bicyclic) bond motifs is 1. The number of allylic oxidation sites excluding steroid dienone is 1. The first-order valence-corrected chi connectivity index (χ1v) is 9.54. The van der Waals surface area contributed by atoms with Crippen molar-refractivity contribution in [3.63, 3.8) is 0 Å². The Hall–Kier alpha value is -1.27. The van der Waals surface area contributed by atoms with Crippen LogP contribution in [0.25, 0.3) is 0 Å². The highest BCUT2D eigenvalue weighted by Gasteiger charge is 2.29. The molecule has 0 unspecified atom stereocenters. The third-order valence-electron chi connectivity index (χ3n) is 3.87.